The fourth-order valence-corrected chi connectivity index (χ4v) is 1.27. The Hall–Kier alpha value is -2.11. The number of rotatable bonds is 6. The number of hydrogen-bond donors (Lipinski definition) is 3. The van der Waals surface area contributed by atoms with Gasteiger partial charge in [-0.15, -0.1) is 0 Å². The second-order valence-electron chi connectivity index (χ2n) is 3.52. The van der Waals surface area contributed by atoms with Crippen LogP contribution in [-0.4, -0.2) is 28.7 Å². The van der Waals surface area contributed by atoms with Crippen LogP contribution >= 0.6 is 0 Å². The molecule has 1 aromatic carbocycles. The van der Waals surface area contributed by atoms with Gasteiger partial charge in [-0.2, -0.15) is 0 Å². The molecule has 1 aromatic rings. The first kappa shape index (κ1) is 13.0. The lowest BCUT2D eigenvalue weighted by Gasteiger charge is -2.12. The molecule has 0 aliphatic rings. The first-order chi connectivity index (χ1) is 7.99. The molecule has 0 fully saturated rings. The van der Waals surface area contributed by atoms with Crippen LogP contribution in [0.4, 0.5) is 10.1 Å². The summed E-state index contributed by atoms with van der Waals surface area (Å²) in [6.45, 7) is -0.0206. The Morgan fingerprint density at radius 2 is 1.82 bits per heavy atom. The van der Waals surface area contributed by atoms with Gasteiger partial charge in [0.1, 0.15) is 5.82 Å². The zero-order valence-electron chi connectivity index (χ0n) is 8.89. The molecule has 0 saturated heterocycles. The molecule has 0 aliphatic heterocycles. The minimum absolute atomic E-state index is 0.0206. The SMILES string of the molecule is O=C(O)CC(CNc1ccc(F)cc1)C(=O)O. The lowest BCUT2D eigenvalue weighted by atomic mass is 10.1. The van der Waals surface area contributed by atoms with E-state index in [2.05, 4.69) is 5.32 Å². The van der Waals surface area contributed by atoms with Crippen molar-refractivity contribution in [2.45, 2.75) is 6.42 Å². The van der Waals surface area contributed by atoms with Crippen LogP contribution in [0.2, 0.25) is 0 Å². The van der Waals surface area contributed by atoms with Gasteiger partial charge in [0, 0.05) is 12.2 Å². The van der Waals surface area contributed by atoms with Gasteiger partial charge < -0.3 is 15.5 Å². The van der Waals surface area contributed by atoms with E-state index in [-0.39, 0.29) is 6.54 Å². The van der Waals surface area contributed by atoms with Crippen LogP contribution < -0.4 is 5.32 Å². The van der Waals surface area contributed by atoms with E-state index >= 15 is 0 Å². The fourth-order valence-electron chi connectivity index (χ4n) is 1.27. The molecule has 5 nitrogen and oxygen atoms in total. The molecule has 17 heavy (non-hydrogen) atoms. The van der Waals surface area contributed by atoms with Crippen molar-refractivity contribution < 1.29 is 24.2 Å². The summed E-state index contributed by atoms with van der Waals surface area (Å²) in [7, 11) is 0. The van der Waals surface area contributed by atoms with Crippen molar-refractivity contribution >= 4 is 17.6 Å². The van der Waals surface area contributed by atoms with Crippen LogP contribution in [0, 0.1) is 11.7 Å². The van der Waals surface area contributed by atoms with Crippen molar-refractivity contribution in [2.24, 2.45) is 5.92 Å². The van der Waals surface area contributed by atoms with Gasteiger partial charge in [-0.1, -0.05) is 0 Å². The maximum absolute atomic E-state index is 12.6. The Morgan fingerprint density at radius 3 is 2.29 bits per heavy atom. The van der Waals surface area contributed by atoms with Crippen LogP contribution in [0.3, 0.4) is 0 Å². The first-order valence-corrected chi connectivity index (χ1v) is 4.93. The van der Waals surface area contributed by atoms with E-state index in [0.29, 0.717) is 5.69 Å². The number of carbonyl (C=O) groups is 2. The summed E-state index contributed by atoms with van der Waals surface area (Å²) >= 11 is 0. The second kappa shape index (κ2) is 5.83. The molecule has 0 aliphatic carbocycles. The molecule has 0 heterocycles. The molecule has 1 atom stereocenters. The van der Waals surface area contributed by atoms with Crippen LogP contribution in [0.15, 0.2) is 24.3 Å². The second-order valence-corrected chi connectivity index (χ2v) is 3.52. The molecular formula is C11H12FNO4. The zero-order valence-corrected chi connectivity index (χ0v) is 8.89. The van der Waals surface area contributed by atoms with E-state index in [9.17, 15) is 14.0 Å². The number of halogens is 1. The van der Waals surface area contributed by atoms with Gasteiger partial charge in [0.25, 0.3) is 0 Å². The molecule has 1 unspecified atom stereocenters. The van der Waals surface area contributed by atoms with Crippen molar-refractivity contribution in [2.75, 3.05) is 11.9 Å². The third-order valence-electron chi connectivity index (χ3n) is 2.17. The summed E-state index contributed by atoms with van der Waals surface area (Å²) in [6.07, 6.45) is -0.455. The Labute approximate surface area is 96.9 Å². The van der Waals surface area contributed by atoms with Crippen molar-refractivity contribution in [3.63, 3.8) is 0 Å². The monoisotopic (exact) mass is 241 g/mol. The average Bonchev–Trinajstić information content (AvgIpc) is 2.25. The molecule has 0 amide bonds. The number of carboxylic acids is 2. The molecule has 92 valence electrons. The van der Waals surface area contributed by atoms with E-state index in [0.717, 1.165) is 0 Å². The topological polar surface area (TPSA) is 86.6 Å². The normalized spacial score (nSPS) is 11.8. The Bertz CT molecular complexity index is 404. The molecular weight excluding hydrogens is 229 g/mol. The van der Waals surface area contributed by atoms with Gasteiger partial charge in [-0.25, -0.2) is 4.39 Å². The number of hydrogen-bond acceptors (Lipinski definition) is 3. The lowest BCUT2D eigenvalue weighted by molar-refractivity contribution is -0.147. The highest BCUT2D eigenvalue weighted by atomic mass is 19.1. The number of carboxylic acid groups (broad SMARTS) is 2. The number of aliphatic carboxylic acids is 2. The van der Waals surface area contributed by atoms with Crippen molar-refractivity contribution in [3.05, 3.63) is 30.1 Å². The molecule has 0 spiro atoms. The van der Waals surface area contributed by atoms with E-state index in [1.807, 2.05) is 0 Å². The number of nitrogens with one attached hydrogen (secondary N) is 1. The van der Waals surface area contributed by atoms with Gasteiger partial charge in [-0.05, 0) is 24.3 Å². The maximum atomic E-state index is 12.6. The Balaban J connectivity index is 2.54. The third-order valence-corrected chi connectivity index (χ3v) is 2.17. The van der Waals surface area contributed by atoms with Crippen molar-refractivity contribution in [1.29, 1.82) is 0 Å². The molecule has 6 heteroatoms. The molecule has 0 bridgehead atoms. The van der Waals surface area contributed by atoms with Gasteiger partial charge in [0.15, 0.2) is 0 Å². The summed E-state index contributed by atoms with van der Waals surface area (Å²) in [5.74, 6) is -3.76. The van der Waals surface area contributed by atoms with Crippen molar-refractivity contribution in [1.82, 2.24) is 0 Å². The predicted octanol–water partition coefficient (Wildman–Crippen LogP) is 1.41. The van der Waals surface area contributed by atoms with E-state index in [1.54, 1.807) is 0 Å². The maximum Gasteiger partial charge on any atom is 0.308 e. The molecule has 1 rings (SSSR count). The van der Waals surface area contributed by atoms with Crippen LogP contribution in [0.5, 0.6) is 0 Å². The van der Waals surface area contributed by atoms with E-state index in [1.165, 1.54) is 24.3 Å². The summed E-state index contributed by atoms with van der Waals surface area (Å²) < 4.78 is 12.6. The summed E-state index contributed by atoms with van der Waals surface area (Å²) in [6, 6.07) is 5.37. The Morgan fingerprint density at radius 1 is 1.24 bits per heavy atom. The first-order valence-electron chi connectivity index (χ1n) is 4.93. The molecule has 0 radical (unpaired) electrons. The number of benzene rings is 1. The summed E-state index contributed by atoms with van der Waals surface area (Å²) in [5.41, 5.74) is 0.544. The van der Waals surface area contributed by atoms with Gasteiger partial charge >= 0.3 is 11.9 Å². The average molecular weight is 241 g/mol. The standard InChI is InChI=1S/C11H12FNO4/c12-8-1-3-9(4-2-8)13-6-7(11(16)17)5-10(14)15/h1-4,7,13H,5-6H2,(H,14,15)(H,16,17). The lowest BCUT2D eigenvalue weighted by Crippen LogP contribution is -2.25. The van der Waals surface area contributed by atoms with Gasteiger partial charge in [0.2, 0.25) is 0 Å². The van der Waals surface area contributed by atoms with Crippen LogP contribution in [0.1, 0.15) is 6.42 Å². The summed E-state index contributed by atoms with van der Waals surface area (Å²) in [5, 5.41) is 20.1. The van der Waals surface area contributed by atoms with E-state index in [4.69, 9.17) is 10.2 Å². The van der Waals surface area contributed by atoms with Crippen molar-refractivity contribution in [3.8, 4) is 0 Å². The molecule has 3 N–H and O–H groups in total. The highest BCUT2D eigenvalue weighted by Crippen LogP contribution is 2.11. The van der Waals surface area contributed by atoms with Gasteiger partial charge in [-0.3, -0.25) is 9.59 Å². The summed E-state index contributed by atoms with van der Waals surface area (Å²) in [4.78, 5) is 21.2. The molecule has 0 saturated carbocycles. The van der Waals surface area contributed by atoms with Crippen LogP contribution in [0.25, 0.3) is 0 Å². The Kier molecular flexibility index (Phi) is 4.45. The smallest absolute Gasteiger partial charge is 0.308 e. The fraction of sp³-hybridized carbons (Fsp3) is 0.273. The minimum Gasteiger partial charge on any atom is -0.481 e. The highest BCUT2D eigenvalue weighted by molar-refractivity contribution is 5.78. The molecule has 0 aromatic heterocycles. The third kappa shape index (κ3) is 4.50. The minimum atomic E-state index is -1.18. The largest absolute Gasteiger partial charge is 0.481 e. The van der Waals surface area contributed by atoms with E-state index < -0.39 is 30.1 Å². The zero-order chi connectivity index (χ0) is 12.8. The predicted molar refractivity (Wildman–Crippen MR) is 58.3 cm³/mol. The van der Waals surface area contributed by atoms with Gasteiger partial charge in [0.05, 0.1) is 12.3 Å². The number of anilines is 1. The highest BCUT2D eigenvalue weighted by Gasteiger charge is 2.20. The van der Waals surface area contributed by atoms with Crippen LogP contribution in [-0.2, 0) is 9.59 Å². The quantitative estimate of drug-likeness (QED) is 0.701.